The molecule has 1 heterocycles. The minimum atomic E-state index is -3.83. The number of aryl methyl sites for hydroxylation is 1. The number of sulfonamides is 1. The van der Waals surface area contributed by atoms with Gasteiger partial charge in [0.05, 0.1) is 24.8 Å². The molecule has 164 valence electrons. The molecule has 10 heteroatoms. The molecule has 0 spiro atoms. The summed E-state index contributed by atoms with van der Waals surface area (Å²) in [6.45, 7) is 2.09. The Morgan fingerprint density at radius 3 is 2.45 bits per heavy atom. The Bertz CT molecular complexity index is 1160. The lowest BCUT2D eigenvalue weighted by Gasteiger charge is -2.06. The maximum absolute atomic E-state index is 12.6. The fourth-order valence-electron chi connectivity index (χ4n) is 2.81. The highest BCUT2D eigenvalue weighted by molar-refractivity contribution is 7.93. The summed E-state index contributed by atoms with van der Waals surface area (Å²) < 4.78 is 37.8. The second kappa shape index (κ2) is 9.80. The first-order chi connectivity index (χ1) is 14.8. The summed E-state index contributed by atoms with van der Waals surface area (Å²) >= 11 is 0.991. The van der Waals surface area contributed by atoms with E-state index in [1.165, 1.54) is 19.2 Å². The zero-order valence-corrected chi connectivity index (χ0v) is 19.0. The van der Waals surface area contributed by atoms with Gasteiger partial charge in [0.2, 0.25) is 0 Å². The van der Waals surface area contributed by atoms with Crippen LogP contribution in [-0.2, 0) is 16.4 Å². The average molecular weight is 462 g/mol. The van der Waals surface area contributed by atoms with Crippen LogP contribution in [0.1, 0.15) is 20.9 Å². The number of nitrogens with zero attached hydrogens (tertiary/aromatic N) is 1. The summed E-state index contributed by atoms with van der Waals surface area (Å²) in [7, 11) is -0.720. The van der Waals surface area contributed by atoms with Crippen molar-refractivity contribution in [3.8, 4) is 11.5 Å². The van der Waals surface area contributed by atoms with Crippen LogP contribution in [0.4, 0.5) is 5.13 Å². The molecule has 8 nitrogen and oxygen atoms in total. The molecule has 1 aromatic heterocycles. The number of hydrogen-bond acceptors (Lipinski definition) is 7. The monoisotopic (exact) mass is 461 g/mol. The predicted molar refractivity (Wildman–Crippen MR) is 120 cm³/mol. The van der Waals surface area contributed by atoms with Gasteiger partial charge in [-0.2, -0.15) is 0 Å². The third kappa shape index (κ3) is 5.74. The topological polar surface area (TPSA) is 107 Å². The van der Waals surface area contributed by atoms with E-state index in [-0.39, 0.29) is 15.9 Å². The number of anilines is 1. The first-order valence-corrected chi connectivity index (χ1v) is 11.7. The number of benzene rings is 2. The molecule has 0 unspecified atom stereocenters. The van der Waals surface area contributed by atoms with Crippen LogP contribution >= 0.6 is 11.3 Å². The number of hydrogen-bond donors (Lipinski definition) is 2. The van der Waals surface area contributed by atoms with Crippen LogP contribution in [0.5, 0.6) is 11.5 Å². The molecule has 2 N–H and O–H groups in total. The van der Waals surface area contributed by atoms with Gasteiger partial charge in [0.15, 0.2) is 5.13 Å². The molecule has 1 amide bonds. The maximum Gasteiger partial charge on any atom is 0.263 e. The fourth-order valence-corrected chi connectivity index (χ4v) is 4.93. The molecule has 0 saturated carbocycles. The lowest BCUT2D eigenvalue weighted by atomic mass is 10.1. The average Bonchev–Trinajstić information content (AvgIpc) is 3.13. The Labute approximate surface area is 185 Å². The lowest BCUT2D eigenvalue weighted by molar-refractivity contribution is 0.0957. The van der Waals surface area contributed by atoms with Crippen LogP contribution in [0.15, 0.2) is 53.4 Å². The molecule has 0 bridgehead atoms. The predicted octanol–water partition coefficient (Wildman–Crippen LogP) is 3.24. The van der Waals surface area contributed by atoms with Crippen LogP contribution in [-0.4, -0.2) is 40.1 Å². The zero-order chi connectivity index (χ0) is 22.4. The van der Waals surface area contributed by atoms with E-state index in [0.717, 1.165) is 22.6 Å². The lowest BCUT2D eigenvalue weighted by Crippen LogP contribution is -2.25. The van der Waals surface area contributed by atoms with Crippen LogP contribution in [0.25, 0.3) is 0 Å². The SMILES string of the molecule is COc1ccc(S(=O)(=O)Nc2nc(C)c(C(=O)NCCc3cccc(OC)c3)s2)cc1. The second-order valence-corrected chi connectivity index (χ2v) is 9.25. The molecule has 0 fully saturated rings. The first kappa shape index (κ1) is 22.6. The second-order valence-electron chi connectivity index (χ2n) is 6.57. The maximum atomic E-state index is 12.6. The van der Waals surface area contributed by atoms with Crippen LogP contribution < -0.4 is 19.5 Å². The molecule has 3 rings (SSSR count). The molecule has 0 atom stereocenters. The van der Waals surface area contributed by atoms with E-state index >= 15 is 0 Å². The largest absolute Gasteiger partial charge is 0.497 e. The van der Waals surface area contributed by atoms with Crippen LogP contribution in [0.3, 0.4) is 0 Å². The number of ether oxygens (including phenoxy) is 2. The number of rotatable bonds is 9. The number of methoxy groups -OCH3 is 2. The molecule has 0 saturated heterocycles. The Morgan fingerprint density at radius 2 is 1.77 bits per heavy atom. The minimum absolute atomic E-state index is 0.0745. The van der Waals surface area contributed by atoms with Crippen molar-refractivity contribution in [2.75, 3.05) is 25.5 Å². The highest BCUT2D eigenvalue weighted by Gasteiger charge is 2.20. The van der Waals surface area contributed by atoms with Gasteiger partial charge in [-0.05, 0) is 55.3 Å². The molecule has 31 heavy (non-hydrogen) atoms. The van der Waals surface area contributed by atoms with Crippen molar-refractivity contribution in [3.05, 3.63) is 64.7 Å². The summed E-state index contributed by atoms with van der Waals surface area (Å²) in [6, 6.07) is 13.6. The van der Waals surface area contributed by atoms with Gasteiger partial charge in [-0.1, -0.05) is 23.5 Å². The van der Waals surface area contributed by atoms with Gasteiger partial charge in [-0.3, -0.25) is 9.52 Å². The molecule has 0 aliphatic heterocycles. The quantitative estimate of drug-likeness (QED) is 0.507. The summed E-state index contributed by atoms with van der Waals surface area (Å²) in [6.07, 6.45) is 0.637. The number of carbonyl (C=O) groups excluding carboxylic acids is 1. The highest BCUT2D eigenvalue weighted by Crippen LogP contribution is 2.26. The Hall–Kier alpha value is -3.11. The van der Waals surface area contributed by atoms with E-state index in [1.54, 1.807) is 26.2 Å². The fraction of sp³-hybridized carbons (Fsp3) is 0.238. The number of aromatic nitrogens is 1. The highest BCUT2D eigenvalue weighted by atomic mass is 32.2. The van der Waals surface area contributed by atoms with Gasteiger partial charge < -0.3 is 14.8 Å². The summed E-state index contributed by atoms with van der Waals surface area (Å²) in [4.78, 5) is 17.2. The van der Waals surface area contributed by atoms with Crippen LogP contribution in [0.2, 0.25) is 0 Å². The standard InChI is InChI=1S/C21H23N3O5S2/c1-14-19(20(25)22-12-11-15-5-4-6-17(13-15)29-3)30-21(23-14)24-31(26,27)18-9-7-16(28-2)8-10-18/h4-10,13H,11-12H2,1-3H3,(H,22,25)(H,23,24). The van der Waals surface area contributed by atoms with E-state index in [1.807, 2.05) is 24.3 Å². The zero-order valence-electron chi connectivity index (χ0n) is 17.3. The third-order valence-electron chi connectivity index (χ3n) is 4.43. The van der Waals surface area contributed by atoms with Crippen molar-refractivity contribution >= 4 is 32.4 Å². The van der Waals surface area contributed by atoms with E-state index < -0.39 is 10.0 Å². The minimum Gasteiger partial charge on any atom is -0.497 e. The summed E-state index contributed by atoms with van der Waals surface area (Å²) in [5.74, 6) is 1.01. The van der Waals surface area contributed by atoms with E-state index in [9.17, 15) is 13.2 Å². The Kier molecular flexibility index (Phi) is 7.13. The van der Waals surface area contributed by atoms with Crippen molar-refractivity contribution < 1.29 is 22.7 Å². The van der Waals surface area contributed by atoms with Gasteiger partial charge in [-0.25, -0.2) is 13.4 Å². The molecule has 3 aromatic rings. The molecule has 0 radical (unpaired) electrons. The first-order valence-electron chi connectivity index (χ1n) is 9.38. The molecule has 0 aliphatic rings. The normalized spacial score (nSPS) is 11.1. The molecular formula is C21H23N3O5S2. The number of thiazole rings is 1. The van der Waals surface area contributed by atoms with Crippen molar-refractivity contribution in [2.45, 2.75) is 18.2 Å². The molecule has 0 aliphatic carbocycles. The van der Waals surface area contributed by atoms with Crippen molar-refractivity contribution in [1.29, 1.82) is 0 Å². The smallest absolute Gasteiger partial charge is 0.263 e. The number of amides is 1. The van der Waals surface area contributed by atoms with Crippen molar-refractivity contribution in [2.24, 2.45) is 0 Å². The van der Waals surface area contributed by atoms with E-state index in [0.29, 0.717) is 29.3 Å². The van der Waals surface area contributed by atoms with Gasteiger partial charge in [0, 0.05) is 6.54 Å². The van der Waals surface area contributed by atoms with Gasteiger partial charge in [0.25, 0.3) is 15.9 Å². The van der Waals surface area contributed by atoms with Gasteiger partial charge in [-0.15, -0.1) is 0 Å². The van der Waals surface area contributed by atoms with Crippen molar-refractivity contribution in [1.82, 2.24) is 10.3 Å². The number of carbonyl (C=O) groups is 1. The van der Waals surface area contributed by atoms with Crippen molar-refractivity contribution in [3.63, 3.8) is 0 Å². The Balaban J connectivity index is 1.63. The van der Waals surface area contributed by atoms with E-state index in [2.05, 4.69) is 15.0 Å². The van der Waals surface area contributed by atoms with Crippen LogP contribution in [0, 0.1) is 6.92 Å². The van der Waals surface area contributed by atoms with Gasteiger partial charge >= 0.3 is 0 Å². The summed E-state index contributed by atoms with van der Waals surface area (Å²) in [5, 5.41) is 2.98. The van der Waals surface area contributed by atoms with E-state index in [4.69, 9.17) is 9.47 Å². The molecule has 2 aromatic carbocycles. The third-order valence-corrected chi connectivity index (χ3v) is 6.98. The number of nitrogens with one attached hydrogen (secondary N) is 2. The molecular weight excluding hydrogens is 438 g/mol. The van der Waals surface area contributed by atoms with Gasteiger partial charge in [0.1, 0.15) is 16.4 Å². The Morgan fingerprint density at radius 1 is 1.06 bits per heavy atom. The summed E-state index contributed by atoms with van der Waals surface area (Å²) in [5.41, 5.74) is 1.49.